The van der Waals surface area contributed by atoms with Gasteiger partial charge in [-0.15, -0.1) is 11.3 Å². The Morgan fingerprint density at radius 3 is 2.83 bits per heavy atom. The topological polar surface area (TPSA) is 32.5 Å². The fraction of sp³-hybridized carbons (Fsp3) is 0.714. The first-order valence-corrected chi connectivity index (χ1v) is 7.85. The maximum absolute atomic E-state index is 5.92. The van der Waals surface area contributed by atoms with Crippen LogP contribution in [-0.2, 0) is 6.42 Å². The van der Waals surface area contributed by atoms with Gasteiger partial charge in [-0.1, -0.05) is 0 Å². The van der Waals surface area contributed by atoms with Crippen molar-refractivity contribution in [2.45, 2.75) is 18.9 Å². The lowest BCUT2D eigenvalue weighted by Gasteiger charge is -2.41. The van der Waals surface area contributed by atoms with Crippen molar-refractivity contribution in [3.8, 4) is 0 Å². The Morgan fingerprint density at radius 2 is 2.11 bits per heavy atom. The molecule has 0 radical (unpaired) electrons. The normalized spacial score (nSPS) is 30.3. The SMILES string of the molecule is CN1CCN(C2CC(CN)Cc3sccc32)CC1. The Labute approximate surface area is 114 Å². The van der Waals surface area contributed by atoms with Gasteiger partial charge in [0, 0.05) is 37.1 Å². The molecule has 1 aliphatic carbocycles. The quantitative estimate of drug-likeness (QED) is 0.881. The van der Waals surface area contributed by atoms with E-state index in [4.69, 9.17) is 5.73 Å². The van der Waals surface area contributed by atoms with Crippen molar-refractivity contribution in [1.82, 2.24) is 9.80 Å². The molecular formula is C14H23N3S. The van der Waals surface area contributed by atoms with Gasteiger partial charge in [0.25, 0.3) is 0 Å². The molecule has 2 aliphatic rings. The van der Waals surface area contributed by atoms with Gasteiger partial charge < -0.3 is 10.6 Å². The van der Waals surface area contributed by atoms with Crippen molar-refractivity contribution in [2.24, 2.45) is 11.7 Å². The molecule has 1 fully saturated rings. The molecule has 3 nitrogen and oxygen atoms in total. The van der Waals surface area contributed by atoms with Crippen molar-refractivity contribution >= 4 is 11.3 Å². The van der Waals surface area contributed by atoms with Crippen LogP contribution in [0.3, 0.4) is 0 Å². The molecule has 4 heteroatoms. The molecule has 2 N–H and O–H groups in total. The summed E-state index contributed by atoms with van der Waals surface area (Å²) in [6.45, 7) is 5.63. The Morgan fingerprint density at radius 1 is 1.33 bits per heavy atom. The largest absolute Gasteiger partial charge is 0.330 e. The molecule has 100 valence electrons. The second-order valence-electron chi connectivity index (χ2n) is 5.70. The van der Waals surface area contributed by atoms with E-state index in [9.17, 15) is 0 Å². The van der Waals surface area contributed by atoms with Crippen LogP contribution in [0.4, 0.5) is 0 Å². The number of likely N-dealkylation sites (N-methyl/N-ethyl adjacent to an activating group) is 1. The van der Waals surface area contributed by atoms with Gasteiger partial charge in [-0.3, -0.25) is 4.90 Å². The van der Waals surface area contributed by atoms with Crippen molar-refractivity contribution in [2.75, 3.05) is 39.8 Å². The highest BCUT2D eigenvalue weighted by Crippen LogP contribution is 2.39. The van der Waals surface area contributed by atoms with Crippen LogP contribution >= 0.6 is 11.3 Å². The molecule has 0 spiro atoms. The molecule has 1 saturated heterocycles. The van der Waals surface area contributed by atoms with Crippen LogP contribution in [0.25, 0.3) is 0 Å². The summed E-state index contributed by atoms with van der Waals surface area (Å²) < 4.78 is 0. The molecule has 0 amide bonds. The van der Waals surface area contributed by atoms with Crippen molar-refractivity contribution in [3.63, 3.8) is 0 Å². The smallest absolute Gasteiger partial charge is 0.0363 e. The van der Waals surface area contributed by atoms with Crippen LogP contribution in [0.1, 0.15) is 22.9 Å². The first-order valence-electron chi connectivity index (χ1n) is 6.97. The van der Waals surface area contributed by atoms with Crippen LogP contribution in [-0.4, -0.2) is 49.6 Å². The minimum atomic E-state index is 0.627. The zero-order chi connectivity index (χ0) is 12.5. The molecule has 1 aromatic rings. The van der Waals surface area contributed by atoms with Gasteiger partial charge in [0.15, 0.2) is 0 Å². The molecule has 2 atom stereocenters. The Hall–Kier alpha value is -0.420. The summed E-state index contributed by atoms with van der Waals surface area (Å²) in [7, 11) is 2.22. The standard InChI is InChI=1S/C14H23N3S/c1-16-3-5-17(6-4-16)13-8-11(10-15)9-14-12(13)2-7-18-14/h2,7,11,13H,3-6,8-10,15H2,1H3. The summed E-state index contributed by atoms with van der Waals surface area (Å²) in [5.74, 6) is 0.681. The average molecular weight is 265 g/mol. The van der Waals surface area contributed by atoms with Gasteiger partial charge in [-0.25, -0.2) is 0 Å². The summed E-state index contributed by atoms with van der Waals surface area (Å²) in [4.78, 5) is 6.68. The zero-order valence-corrected chi connectivity index (χ0v) is 12.0. The first-order chi connectivity index (χ1) is 8.78. The first kappa shape index (κ1) is 12.6. The van der Waals surface area contributed by atoms with E-state index >= 15 is 0 Å². The maximum atomic E-state index is 5.92. The molecule has 0 bridgehead atoms. The Bertz CT molecular complexity index is 395. The van der Waals surface area contributed by atoms with E-state index in [1.54, 1.807) is 10.4 Å². The average Bonchev–Trinajstić information content (AvgIpc) is 2.86. The Balaban J connectivity index is 1.79. The third-order valence-electron chi connectivity index (χ3n) is 4.48. The van der Waals surface area contributed by atoms with E-state index in [2.05, 4.69) is 28.3 Å². The Kier molecular flexibility index (Phi) is 3.71. The number of rotatable bonds is 2. The molecular weight excluding hydrogens is 242 g/mol. The number of piperazine rings is 1. The van der Waals surface area contributed by atoms with Crippen LogP contribution in [0, 0.1) is 5.92 Å². The number of fused-ring (bicyclic) bond motifs is 1. The molecule has 2 heterocycles. The second-order valence-corrected chi connectivity index (χ2v) is 6.70. The van der Waals surface area contributed by atoms with E-state index in [0.29, 0.717) is 12.0 Å². The van der Waals surface area contributed by atoms with Crippen molar-refractivity contribution in [3.05, 3.63) is 21.9 Å². The van der Waals surface area contributed by atoms with Crippen molar-refractivity contribution < 1.29 is 0 Å². The summed E-state index contributed by atoms with van der Waals surface area (Å²) >= 11 is 1.92. The summed E-state index contributed by atoms with van der Waals surface area (Å²) in [5.41, 5.74) is 7.51. The predicted octanol–water partition coefficient (Wildman–Crippen LogP) is 1.56. The lowest BCUT2D eigenvalue weighted by Crippen LogP contribution is -2.47. The second kappa shape index (κ2) is 5.29. The fourth-order valence-electron chi connectivity index (χ4n) is 3.26. The lowest BCUT2D eigenvalue weighted by molar-refractivity contribution is 0.0933. The summed E-state index contributed by atoms with van der Waals surface area (Å²) in [6, 6.07) is 2.97. The molecule has 18 heavy (non-hydrogen) atoms. The number of thiophene rings is 1. The van der Waals surface area contributed by atoms with Gasteiger partial charge in [-0.2, -0.15) is 0 Å². The van der Waals surface area contributed by atoms with E-state index in [0.717, 1.165) is 6.54 Å². The highest BCUT2D eigenvalue weighted by Gasteiger charge is 2.32. The van der Waals surface area contributed by atoms with Gasteiger partial charge >= 0.3 is 0 Å². The third kappa shape index (κ3) is 2.35. The van der Waals surface area contributed by atoms with E-state index in [1.165, 1.54) is 39.0 Å². The molecule has 0 saturated carbocycles. The van der Waals surface area contributed by atoms with E-state index in [1.807, 2.05) is 11.3 Å². The highest BCUT2D eigenvalue weighted by molar-refractivity contribution is 7.10. The molecule has 2 unspecified atom stereocenters. The molecule has 3 rings (SSSR count). The lowest BCUT2D eigenvalue weighted by atomic mass is 9.84. The highest BCUT2D eigenvalue weighted by atomic mass is 32.1. The monoisotopic (exact) mass is 265 g/mol. The van der Waals surface area contributed by atoms with Crippen LogP contribution in [0.2, 0.25) is 0 Å². The van der Waals surface area contributed by atoms with Gasteiger partial charge in [0.2, 0.25) is 0 Å². The number of nitrogens with zero attached hydrogens (tertiary/aromatic N) is 2. The van der Waals surface area contributed by atoms with Crippen LogP contribution < -0.4 is 5.73 Å². The predicted molar refractivity (Wildman–Crippen MR) is 77.0 cm³/mol. The number of hydrogen-bond donors (Lipinski definition) is 1. The van der Waals surface area contributed by atoms with Crippen LogP contribution in [0.15, 0.2) is 11.4 Å². The summed E-state index contributed by atoms with van der Waals surface area (Å²) in [5, 5.41) is 2.26. The fourth-order valence-corrected chi connectivity index (χ4v) is 4.31. The number of hydrogen-bond acceptors (Lipinski definition) is 4. The number of nitrogens with two attached hydrogens (primary N) is 1. The van der Waals surface area contributed by atoms with Crippen LogP contribution in [0.5, 0.6) is 0 Å². The minimum Gasteiger partial charge on any atom is -0.330 e. The molecule has 1 aliphatic heterocycles. The molecule has 1 aromatic heterocycles. The van der Waals surface area contributed by atoms with Gasteiger partial charge in [0.1, 0.15) is 0 Å². The van der Waals surface area contributed by atoms with E-state index in [-0.39, 0.29) is 0 Å². The van der Waals surface area contributed by atoms with Gasteiger partial charge in [-0.05, 0) is 49.4 Å². The maximum Gasteiger partial charge on any atom is 0.0363 e. The molecule has 0 aromatic carbocycles. The van der Waals surface area contributed by atoms with E-state index < -0.39 is 0 Å². The van der Waals surface area contributed by atoms with Crippen molar-refractivity contribution in [1.29, 1.82) is 0 Å². The third-order valence-corrected chi connectivity index (χ3v) is 5.44. The van der Waals surface area contributed by atoms with Gasteiger partial charge in [0.05, 0.1) is 0 Å². The summed E-state index contributed by atoms with van der Waals surface area (Å²) in [6.07, 6.45) is 2.46. The minimum absolute atomic E-state index is 0.627. The zero-order valence-electron chi connectivity index (χ0n) is 11.1.